The van der Waals surface area contributed by atoms with Crippen LogP contribution in [0.4, 0.5) is 0 Å². The topological polar surface area (TPSA) is 46.0 Å². The lowest BCUT2D eigenvalue weighted by Crippen LogP contribution is -2.17. The predicted molar refractivity (Wildman–Crippen MR) is 53.8 cm³/mol. The molecule has 0 bridgehead atoms. The van der Waals surface area contributed by atoms with Gasteiger partial charge in [0.2, 0.25) is 0 Å². The van der Waals surface area contributed by atoms with Crippen molar-refractivity contribution in [3.05, 3.63) is 24.3 Å². The fourth-order valence-electron chi connectivity index (χ4n) is 2.12. The zero-order chi connectivity index (χ0) is 9.80. The Balaban J connectivity index is 1.96. The van der Waals surface area contributed by atoms with E-state index in [0.717, 1.165) is 31.5 Å². The van der Waals surface area contributed by atoms with E-state index in [1.807, 2.05) is 6.07 Å². The molecule has 1 aromatic heterocycles. The van der Waals surface area contributed by atoms with Crippen LogP contribution in [0.5, 0.6) is 0 Å². The van der Waals surface area contributed by atoms with Crippen LogP contribution in [0.15, 0.2) is 18.5 Å². The Morgan fingerprint density at radius 1 is 1.14 bits per heavy atom. The highest BCUT2D eigenvalue weighted by atomic mass is 16.3. The largest absolute Gasteiger partial charge is 0.396 e. The first-order valence-electron chi connectivity index (χ1n) is 5.28. The van der Waals surface area contributed by atoms with Gasteiger partial charge in [-0.3, -0.25) is 0 Å². The number of rotatable bonds is 2. The summed E-state index contributed by atoms with van der Waals surface area (Å²) in [7, 11) is 0. The molecular weight excluding hydrogens is 176 g/mol. The fraction of sp³-hybridized carbons (Fsp3) is 0.636. The molecule has 2 rings (SSSR count). The highest BCUT2D eigenvalue weighted by Gasteiger charge is 2.23. The fourth-order valence-corrected chi connectivity index (χ4v) is 2.12. The van der Waals surface area contributed by atoms with Gasteiger partial charge >= 0.3 is 0 Å². The Kier molecular flexibility index (Phi) is 3.09. The Morgan fingerprint density at radius 3 is 2.36 bits per heavy atom. The van der Waals surface area contributed by atoms with Gasteiger partial charge in [-0.15, -0.1) is 0 Å². The van der Waals surface area contributed by atoms with Gasteiger partial charge in [-0.1, -0.05) is 0 Å². The second-order valence-electron chi connectivity index (χ2n) is 4.01. The van der Waals surface area contributed by atoms with Crippen LogP contribution in [0, 0.1) is 5.92 Å². The molecule has 1 fully saturated rings. The summed E-state index contributed by atoms with van der Waals surface area (Å²) in [5.41, 5.74) is 0. The Labute approximate surface area is 84.2 Å². The van der Waals surface area contributed by atoms with E-state index in [-0.39, 0.29) is 0 Å². The van der Waals surface area contributed by atoms with E-state index in [4.69, 9.17) is 5.11 Å². The second kappa shape index (κ2) is 4.51. The van der Waals surface area contributed by atoms with Crippen molar-refractivity contribution in [2.24, 2.45) is 5.92 Å². The van der Waals surface area contributed by atoms with E-state index < -0.39 is 0 Å². The van der Waals surface area contributed by atoms with Crippen molar-refractivity contribution in [3.63, 3.8) is 0 Å². The molecule has 3 nitrogen and oxygen atoms in total. The van der Waals surface area contributed by atoms with Crippen LogP contribution in [0.1, 0.15) is 37.4 Å². The van der Waals surface area contributed by atoms with E-state index in [1.165, 1.54) is 0 Å². The lowest BCUT2D eigenvalue weighted by Gasteiger charge is -2.25. The van der Waals surface area contributed by atoms with E-state index in [0.29, 0.717) is 18.4 Å². The van der Waals surface area contributed by atoms with Crippen molar-refractivity contribution in [1.29, 1.82) is 0 Å². The molecule has 0 aromatic carbocycles. The molecule has 0 spiro atoms. The maximum atomic E-state index is 9.02. The molecule has 0 unspecified atom stereocenters. The zero-order valence-corrected chi connectivity index (χ0v) is 8.26. The molecule has 3 heteroatoms. The van der Waals surface area contributed by atoms with E-state index in [2.05, 4.69) is 9.97 Å². The van der Waals surface area contributed by atoms with Crippen LogP contribution < -0.4 is 0 Å². The van der Waals surface area contributed by atoms with Gasteiger partial charge in [0.25, 0.3) is 0 Å². The monoisotopic (exact) mass is 192 g/mol. The normalized spacial score (nSPS) is 27.5. The van der Waals surface area contributed by atoms with Crippen molar-refractivity contribution in [2.45, 2.75) is 31.6 Å². The lowest BCUT2D eigenvalue weighted by atomic mass is 9.82. The molecule has 0 saturated heterocycles. The highest BCUT2D eigenvalue weighted by Crippen LogP contribution is 2.33. The zero-order valence-electron chi connectivity index (χ0n) is 8.26. The first-order valence-corrected chi connectivity index (χ1v) is 5.28. The average Bonchev–Trinajstić information content (AvgIpc) is 2.30. The highest BCUT2D eigenvalue weighted by molar-refractivity contribution is 4.98. The summed E-state index contributed by atoms with van der Waals surface area (Å²) in [5.74, 6) is 2.00. The van der Waals surface area contributed by atoms with E-state index in [1.54, 1.807) is 12.4 Å². The van der Waals surface area contributed by atoms with Gasteiger partial charge in [0, 0.05) is 24.9 Å². The third-order valence-electron chi connectivity index (χ3n) is 3.06. The minimum absolute atomic E-state index is 0.336. The number of nitrogens with zero attached hydrogens (tertiary/aromatic N) is 2. The summed E-state index contributed by atoms with van der Waals surface area (Å²) in [6, 6.07) is 1.85. The molecule has 14 heavy (non-hydrogen) atoms. The molecule has 1 heterocycles. The van der Waals surface area contributed by atoms with E-state index >= 15 is 0 Å². The van der Waals surface area contributed by atoms with Crippen molar-refractivity contribution < 1.29 is 5.11 Å². The van der Waals surface area contributed by atoms with Crippen LogP contribution in [0.25, 0.3) is 0 Å². The molecular formula is C11H16N2O. The van der Waals surface area contributed by atoms with Gasteiger partial charge in [0.15, 0.2) is 0 Å². The number of aliphatic hydroxyl groups is 1. The molecule has 1 aromatic rings. The van der Waals surface area contributed by atoms with Crippen LogP contribution in [-0.4, -0.2) is 21.7 Å². The molecule has 1 aliphatic rings. The van der Waals surface area contributed by atoms with Gasteiger partial charge < -0.3 is 5.11 Å². The molecule has 0 atom stereocenters. The maximum Gasteiger partial charge on any atom is 0.131 e. The van der Waals surface area contributed by atoms with Crippen LogP contribution >= 0.6 is 0 Å². The first-order chi connectivity index (χ1) is 6.90. The minimum Gasteiger partial charge on any atom is -0.396 e. The van der Waals surface area contributed by atoms with Gasteiger partial charge in [0.1, 0.15) is 5.82 Å². The Morgan fingerprint density at radius 2 is 1.79 bits per heavy atom. The van der Waals surface area contributed by atoms with E-state index in [9.17, 15) is 0 Å². The van der Waals surface area contributed by atoms with Crippen molar-refractivity contribution in [1.82, 2.24) is 9.97 Å². The van der Waals surface area contributed by atoms with Gasteiger partial charge in [-0.2, -0.15) is 0 Å². The van der Waals surface area contributed by atoms with Gasteiger partial charge in [-0.05, 0) is 37.7 Å². The van der Waals surface area contributed by atoms with Crippen molar-refractivity contribution in [3.8, 4) is 0 Å². The van der Waals surface area contributed by atoms with Crippen LogP contribution in [0.2, 0.25) is 0 Å². The Hall–Kier alpha value is -0.960. The smallest absolute Gasteiger partial charge is 0.131 e. The summed E-state index contributed by atoms with van der Waals surface area (Å²) in [6.45, 7) is 0.336. The third-order valence-corrected chi connectivity index (χ3v) is 3.06. The average molecular weight is 192 g/mol. The molecule has 76 valence electrons. The molecule has 1 aliphatic carbocycles. The standard InChI is InChI=1S/C11H16N2O/c14-8-9-2-4-10(5-3-9)11-12-6-1-7-13-11/h1,6-7,9-10,14H,2-5,8H2. The van der Waals surface area contributed by atoms with Crippen LogP contribution in [-0.2, 0) is 0 Å². The van der Waals surface area contributed by atoms with Crippen molar-refractivity contribution >= 4 is 0 Å². The molecule has 1 saturated carbocycles. The Bertz CT molecular complexity index is 268. The van der Waals surface area contributed by atoms with Crippen LogP contribution in [0.3, 0.4) is 0 Å². The SMILES string of the molecule is OCC1CCC(c2ncccn2)CC1. The minimum atomic E-state index is 0.336. The molecule has 0 radical (unpaired) electrons. The quantitative estimate of drug-likeness (QED) is 0.776. The summed E-state index contributed by atoms with van der Waals surface area (Å²) in [6.07, 6.45) is 8.07. The predicted octanol–water partition coefficient (Wildman–Crippen LogP) is 1.74. The third kappa shape index (κ3) is 2.10. The first kappa shape index (κ1) is 9.59. The lowest BCUT2D eigenvalue weighted by molar-refractivity contribution is 0.181. The van der Waals surface area contributed by atoms with Gasteiger partial charge in [0.05, 0.1) is 0 Å². The molecule has 0 amide bonds. The van der Waals surface area contributed by atoms with Crippen molar-refractivity contribution in [2.75, 3.05) is 6.61 Å². The molecule has 1 N–H and O–H groups in total. The summed E-state index contributed by atoms with van der Waals surface area (Å²) in [5, 5.41) is 9.02. The second-order valence-corrected chi connectivity index (χ2v) is 4.01. The number of hydrogen-bond donors (Lipinski definition) is 1. The van der Waals surface area contributed by atoms with Gasteiger partial charge in [-0.25, -0.2) is 9.97 Å². The maximum absolute atomic E-state index is 9.02. The summed E-state index contributed by atoms with van der Waals surface area (Å²) >= 11 is 0. The number of aromatic nitrogens is 2. The summed E-state index contributed by atoms with van der Waals surface area (Å²) < 4.78 is 0. The number of hydrogen-bond acceptors (Lipinski definition) is 3. The molecule has 0 aliphatic heterocycles. The summed E-state index contributed by atoms with van der Waals surface area (Å²) in [4.78, 5) is 8.56. The number of aliphatic hydroxyl groups excluding tert-OH is 1.